The Kier molecular flexibility index (Phi) is 23.5. The van der Waals surface area contributed by atoms with Gasteiger partial charge in [-0.05, 0) is 25.7 Å². The second-order valence-electron chi connectivity index (χ2n) is 7.77. The minimum atomic E-state index is 1.07. The summed E-state index contributed by atoms with van der Waals surface area (Å²) in [6, 6.07) is 0. The van der Waals surface area contributed by atoms with Crippen LogP contribution in [-0.4, -0.2) is 0 Å². The van der Waals surface area contributed by atoms with E-state index in [2.05, 4.69) is 26.0 Å². The second-order valence-corrected chi connectivity index (χ2v) is 7.77. The summed E-state index contributed by atoms with van der Waals surface area (Å²) >= 11 is 0. The Morgan fingerprint density at radius 1 is 0.320 bits per heavy atom. The highest BCUT2D eigenvalue weighted by Crippen LogP contribution is 2.14. The van der Waals surface area contributed by atoms with Gasteiger partial charge in [0.15, 0.2) is 0 Å². The number of allylic oxidation sites excluding steroid dienone is 2. The fourth-order valence-electron chi connectivity index (χ4n) is 3.41. The van der Waals surface area contributed by atoms with Gasteiger partial charge in [0.1, 0.15) is 0 Å². The van der Waals surface area contributed by atoms with Crippen molar-refractivity contribution in [3.63, 3.8) is 0 Å². The molecule has 0 rings (SSSR count). The largest absolute Gasteiger partial charge is 0.0885 e. The topological polar surface area (TPSA) is 0 Å². The number of hydrogen-bond acceptors (Lipinski definition) is 0. The van der Waals surface area contributed by atoms with Crippen LogP contribution < -0.4 is 0 Å². The molecule has 0 spiro atoms. The van der Waals surface area contributed by atoms with Crippen LogP contribution in [0.4, 0.5) is 0 Å². The van der Waals surface area contributed by atoms with Crippen molar-refractivity contribution in [1.82, 2.24) is 0 Å². The summed E-state index contributed by atoms with van der Waals surface area (Å²) in [5.74, 6) is 0. The molecule has 0 saturated carbocycles. The van der Waals surface area contributed by atoms with Crippen LogP contribution >= 0.6 is 0 Å². The summed E-state index contributed by atoms with van der Waals surface area (Å²) in [5, 5.41) is 0. The highest BCUT2D eigenvalue weighted by molar-refractivity contribution is 4.81. The van der Waals surface area contributed by atoms with E-state index in [0.29, 0.717) is 0 Å². The molecule has 0 aromatic rings. The van der Waals surface area contributed by atoms with E-state index in [0.717, 1.165) is 12.8 Å². The standard InChI is InChI=1S/C25H48/c1-3-5-7-9-11-13-15-17-19-21-23-25-24-22-20-18-16-14-12-10-8-6-4-2/h9,11H,1-8,10,12-25H2. The minimum Gasteiger partial charge on any atom is -0.0885 e. The second kappa shape index (κ2) is 23.7. The lowest BCUT2D eigenvalue weighted by Gasteiger charge is -2.03. The predicted molar refractivity (Wildman–Crippen MR) is 117 cm³/mol. The monoisotopic (exact) mass is 348 g/mol. The molecule has 0 aromatic heterocycles. The maximum Gasteiger partial charge on any atom is -0.0351 e. The highest BCUT2D eigenvalue weighted by atomic mass is 14.0. The Morgan fingerprint density at radius 2 is 0.600 bits per heavy atom. The third-order valence-corrected chi connectivity index (χ3v) is 5.16. The molecule has 0 aliphatic heterocycles. The van der Waals surface area contributed by atoms with E-state index in [1.54, 1.807) is 0 Å². The van der Waals surface area contributed by atoms with Gasteiger partial charge >= 0.3 is 0 Å². The van der Waals surface area contributed by atoms with Gasteiger partial charge in [0.05, 0.1) is 0 Å². The number of unbranched alkanes of at least 4 members (excludes halogenated alkanes) is 19. The number of hydrogen-bond donors (Lipinski definition) is 0. The van der Waals surface area contributed by atoms with E-state index in [-0.39, 0.29) is 0 Å². The fourth-order valence-corrected chi connectivity index (χ4v) is 3.41. The predicted octanol–water partition coefficient (Wildman–Crippen LogP) is 9.40. The molecular weight excluding hydrogens is 300 g/mol. The molecule has 0 fully saturated rings. The first kappa shape index (κ1) is 24.7. The molecular formula is C25H48. The van der Waals surface area contributed by atoms with Crippen molar-refractivity contribution in [3.8, 4) is 0 Å². The molecule has 0 aliphatic carbocycles. The van der Waals surface area contributed by atoms with E-state index in [1.165, 1.54) is 122 Å². The summed E-state index contributed by atoms with van der Waals surface area (Å²) in [6.45, 7) is 7.78. The summed E-state index contributed by atoms with van der Waals surface area (Å²) in [6.07, 6.45) is 33.7. The smallest absolute Gasteiger partial charge is 0.0351 e. The first-order valence-electron chi connectivity index (χ1n) is 11.6. The van der Waals surface area contributed by atoms with Crippen LogP contribution in [0.25, 0.3) is 0 Å². The Hall–Kier alpha value is -0.260. The molecule has 0 heterocycles. The van der Waals surface area contributed by atoms with Gasteiger partial charge in [-0.25, -0.2) is 0 Å². The first-order chi connectivity index (χ1) is 12.4. The molecule has 0 unspecified atom stereocenters. The van der Waals surface area contributed by atoms with Crippen LogP contribution in [-0.2, 0) is 0 Å². The maximum atomic E-state index is 3.90. The minimum absolute atomic E-state index is 1.07. The lowest BCUT2D eigenvalue weighted by molar-refractivity contribution is 0.528. The summed E-state index contributed by atoms with van der Waals surface area (Å²) in [7, 11) is 0. The van der Waals surface area contributed by atoms with Crippen molar-refractivity contribution in [2.75, 3.05) is 0 Å². The lowest BCUT2D eigenvalue weighted by Crippen LogP contribution is -1.83. The maximum absolute atomic E-state index is 3.90. The van der Waals surface area contributed by atoms with Crippen LogP contribution in [0.1, 0.15) is 135 Å². The Bertz CT molecular complexity index is 240. The third-order valence-electron chi connectivity index (χ3n) is 5.16. The summed E-state index contributed by atoms with van der Waals surface area (Å²) in [5.41, 5.74) is 0. The SMILES string of the molecule is [CH2]CCCC=CCCCCCCCCCCCCCCCCCC[CH2]. The molecule has 0 bridgehead atoms. The lowest BCUT2D eigenvalue weighted by atomic mass is 10.0. The first-order valence-corrected chi connectivity index (χ1v) is 11.6. The van der Waals surface area contributed by atoms with Gasteiger partial charge in [0.25, 0.3) is 0 Å². The van der Waals surface area contributed by atoms with Gasteiger partial charge in [-0.3, -0.25) is 0 Å². The Balaban J connectivity index is 2.99. The Morgan fingerprint density at radius 3 is 0.960 bits per heavy atom. The third kappa shape index (κ3) is 23.7. The molecule has 0 atom stereocenters. The van der Waals surface area contributed by atoms with Gasteiger partial charge in [-0.2, -0.15) is 0 Å². The average molecular weight is 349 g/mol. The highest BCUT2D eigenvalue weighted by Gasteiger charge is 1.94. The Labute approximate surface area is 161 Å². The van der Waals surface area contributed by atoms with E-state index < -0.39 is 0 Å². The molecule has 0 saturated heterocycles. The molecule has 0 amide bonds. The molecule has 0 heteroatoms. The molecule has 0 N–H and O–H groups in total. The van der Waals surface area contributed by atoms with E-state index in [4.69, 9.17) is 0 Å². The zero-order chi connectivity index (χ0) is 18.3. The molecule has 0 aliphatic rings. The van der Waals surface area contributed by atoms with Crippen LogP contribution in [0.15, 0.2) is 12.2 Å². The summed E-state index contributed by atoms with van der Waals surface area (Å²) < 4.78 is 0. The van der Waals surface area contributed by atoms with E-state index in [9.17, 15) is 0 Å². The van der Waals surface area contributed by atoms with Crippen molar-refractivity contribution in [2.45, 2.75) is 135 Å². The van der Waals surface area contributed by atoms with Crippen molar-refractivity contribution < 1.29 is 0 Å². The fraction of sp³-hybridized carbons (Fsp3) is 0.840. The van der Waals surface area contributed by atoms with Crippen molar-refractivity contribution >= 4 is 0 Å². The summed E-state index contributed by atoms with van der Waals surface area (Å²) in [4.78, 5) is 0. The quantitative estimate of drug-likeness (QED) is 0.143. The van der Waals surface area contributed by atoms with Crippen LogP contribution in [0, 0.1) is 13.8 Å². The zero-order valence-electron chi connectivity index (χ0n) is 17.4. The average Bonchev–Trinajstić information content (AvgIpc) is 2.63. The van der Waals surface area contributed by atoms with Crippen molar-refractivity contribution in [2.24, 2.45) is 0 Å². The van der Waals surface area contributed by atoms with E-state index >= 15 is 0 Å². The van der Waals surface area contributed by atoms with Crippen LogP contribution in [0.5, 0.6) is 0 Å². The van der Waals surface area contributed by atoms with Crippen LogP contribution in [0.3, 0.4) is 0 Å². The molecule has 0 nitrogen and oxygen atoms in total. The van der Waals surface area contributed by atoms with Crippen molar-refractivity contribution in [1.29, 1.82) is 0 Å². The van der Waals surface area contributed by atoms with Crippen LogP contribution in [0.2, 0.25) is 0 Å². The normalized spacial score (nSPS) is 11.6. The van der Waals surface area contributed by atoms with Gasteiger partial charge in [0.2, 0.25) is 0 Å². The number of rotatable bonds is 21. The van der Waals surface area contributed by atoms with Gasteiger partial charge < -0.3 is 0 Å². The van der Waals surface area contributed by atoms with Crippen molar-refractivity contribution in [3.05, 3.63) is 26.0 Å². The zero-order valence-corrected chi connectivity index (χ0v) is 17.4. The molecule has 0 aromatic carbocycles. The van der Waals surface area contributed by atoms with Gasteiger partial charge in [-0.15, -0.1) is 0 Å². The molecule has 25 heavy (non-hydrogen) atoms. The van der Waals surface area contributed by atoms with E-state index in [1.807, 2.05) is 0 Å². The molecule has 148 valence electrons. The van der Waals surface area contributed by atoms with Gasteiger partial charge in [0, 0.05) is 0 Å². The van der Waals surface area contributed by atoms with Gasteiger partial charge in [-0.1, -0.05) is 135 Å². The molecule has 2 radical (unpaired) electrons.